The molecule has 4 heteroatoms. The third-order valence-electron chi connectivity index (χ3n) is 0. The van der Waals surface area contributed by atoms with E-state index in [9.17, 15) is 0 Å². The summed E-state index contributed by atoms with van der Waals surface area (Å²) >= 11 is 0. The van der Waals surface area contributed by atoms with Crippen molar-refractivity contribution in [2.45, 2.75) is 0 Å². The van der Waals surface area contributed by atoms with Crippen LogP contribution in [-0.4, -0.2) is 0 Å². The molecule has 0 aliphatic heterocycles. The largest absolute Gasteiger partial charge is 0.358 e. The van der Waals surface area contributed by atoms with E-state index in [1.807, 2.05) is 0 Å². The van der Waals surface area contributed by atoms with Crippen LogP contribution in [0.4, 0.5) is 0 Å². The van der Waals surface area contributed by atoms with Gasteiger partial charge in [0, 0.05) is 21.7 Å². The van der Waals surface area contributed by atoms with Gasteiger partial charge in [0.2, 0.25) is 0 Å². The van der Waals surface area contributed by atoms with Crippen molar-refractivity contribution in [3.8, 4) is 0 Å². The zero-order valence-corrected chi connectivity index (χ0v) is 6.74. The van der Waals surface area contributed by atoms with Crippen LogP contribution in [-0.2, 0) is 21.7 Å². The summed E-state index contributed by atoms with van der Waals surface area (Å²) in [5.74, 6) is 0. The maximum absolute atomic E-state index is 0. The summed E-state index contributed by atoms with van der Waals surface area (Å²) in [6.07, 6.45) is 0. The summed E-state index contributed by atoms with van der Waals surface area (Å²) in [5, 5.41) is 0. The zero-order valence-electron chi connectivity index (χ0n) is 2.72. The van der Waals surface area contributed by atoms with Crippen LogP contribution >= 0.6 is 37.2 Å². The van der Waals surface area contributed by atoms with E-state index in [1.54, 1.807) is 0 Å². The van der Waals surface area contributed by atoms with E-state index in [0.717, 1.165) is 0 Å². The average Bonchev–Trinajstić information content (AvgIpc) is 0. The minimum atomic E-state index is 0. The summed E-state index contributed by atoms with van der Waals surface area (Å²) < 4.78 is 0. The Morgan fingerprint density at radius 3 is 0.600 bits per heavy atom. The zero-order chi connectivity index (χ0) is 0. The molecule has 0 aromatic heterocycles. The Labute approximate surface area is 66.2 Å². The first-order valence-electron chi connectivity index (χ1n) is 0. The van der Waals surface area contributed by atoms with Crippen molar-refractivity contribution in [3.63, 3.8) is 0 Å². The van der Waals surface area contributed by atoms with Crippen molar-refractivity contribution < 1.29 is 21.7 Å². The molecule has 0 atom stereocenters. The topological polar surface area (TPSA) is 0 Å². The van der Waals surface area contributed by atoms with Crippen molar-refractivity contribution in [2.24, 2.45) is 0 Å². The van der Waals surface area contributed by atoms with Crippen molar-refractivity contribution in [1.29, 1.82) is 0 Å². The molecule has 0 rings (SSSR count). The summed E-state index contributed by atoms with van der Waals surface area (Å²) in [7, 11) is 0. The fourth-order valence-corrected chi connectivity index (χ4v) is 0. The van der Waals surface area contributed by atoms with Crippen molar-refractivity contribution in [2.75, 3.05) is 0 Å². The SMILES string of the molecule is Cl.Cl.Cl.[CH3-].[Ti]. The predicted molar refractivity (Wildman–Crippen MR) is 28.2 cm³/mol. The minimum absolute atomic E-state index is 0. The summed E-state index contributed by atoms with van der Waals surface area (Å²) in [6, 6.07) is 0. The van der Waals surface area contributed by atoms with Gasteiger partial charge in [0.25, 0.3) is 0 Å². The summed E-state index contributed by atoms with van der Waals surface area (Å²) in [4.78, 5) is 0. The second kappa shape index (κ2) is 46.8. The molecule has 0 fully saturated rings. The molecule has 0 saturated heterocycles. The Morgan fingerprint density at radius 2 is 0.600 bits per heavy atom. The molecule has 0 N–H and O–H groups in total. The molecular formula is CH6Cl3Ti-. The summed E-state index contributed by atoms with van der Waals surface area (Å²) in [6.45, 7) is 0. The van der Waals surface area contributed by atoms with Gasteiger partial charge in [-0.05, 0) is 0 Å². The van der Waals surface area contributed by atoms with E-state index in [0.29, 0.717) is 0 Å². The molecule has 0 radical (unpaired) electrons. The second-order valence-corrected chi connectivity index (χ2v) is 0. The molecule has 0 aromatic rings. The van der Waals surface area contributed by atoms with Gasteiger partial charge in [0.1, 0.15) is 0 Å². The van der Waals surface area contributed by atoms with Gasteiger partial charge < -0.3 is 7.43 Å². The van der Waals surface area contributed by atoms with Gasteiger partial charge in [-0.3, -0.25) is 0 Å². The van der Waals surface area contributed by atoms with E-state index in [-0.39, 0.29) is 66.4 Å². The van der Waals surface area contributed by atoms with Gasteiger partial charge in [0.05, 0.1) is 0 Å². The average molecular weight is 172 g/mol. The molecule has 0 amide bonds. The fourth-order valence-electron chi connectivity index (χ4n) is 0. The van der Waals surface area contributed by atoms with Crippen molar-refractivity contribution in [3.05, 3.63) is 7.43 Å². The molecule has 0 unspecified atom stereocenters. The molecule has 5 heavy (non-hydrogen) atoms. The van der Waals surface area contributed by atoms with E-state index in [4.69, 9.17) is 0 Å². The van der Waals surface area contributed by atoms with Crippen LogP contribution in [0.1, 0.15) is 0 Å². The smallest absolute Gasteiger partial charge is 0 e. The molecule has 0 spiro atoms. The third-order valence-corrected chi connectivity index (χ3v) is 0. The van der Waals surface area contributed by atoms with Crippen molar-refractivity contribution in [1.82, 2.24) is 0 Å². The Kier molecular flexibility index (Phi) is 765. The van der Waals surface area contributed by atoms with Gasteiger partial charge in [0.15, 0.2) is 0 Å². The fraction of sp³-hybridized carbons (Fsp3) is 0. The van der Waals surface area contributed by atoms with E-state index in [2.05, 4.69) is 0 Å². The number of hydrogen-bond donors (Lipinski definition) is 0. The van der Waals surface area contributed by atoms with Crippen LogP contribution in [0.25, 0.3) is 0 Å². The first kappa shape index (κ1) is 81.8. The van der Waals surface area contributed by atoms with Gasteiger partial charge in [-0.15, -0.1) is 37.2 Å². The molecule has 0 nitrogen and oxygen atoms in total. The number of rotatable bonds is 0. The first-order chi connectivity index (χ1) is 0. The van der Waals surface area contributed by atoms with Gasteiger partial charge in [-0.2, -0.15) is 0 Å². The van der Waals surface area contributed by atoms with Crippen LogP contribution in [0.5, 0.6) is 0 Å². The van der Waals surface area contributed by atoms with E-state index in [1.165, 1.54) is 0 Å². The normalized spacial score (nSPS) is 0. The van der Waals surface area contributed by atoms with Crippen LogP contribution in [0.3, 0.4) is 0 Å². The van der Waals surface area contributed by atoms with Gasteiger partial charge in [-0.1, -0.05) is 0 Å². The van der Waals surface area contributed by atoms with E-state index < -0.39 is 0 Å². The Hall–Kier alpha value is 1.58. The van der Waals surface area contributed by atoms with Crippen LogP contribution in [0, 0.1) is 7.43 Å². The monoisotopic (exact) mass is 171 g/mol. The molecule has 36 valence electrons. The Bertz CT molecular complexity index is 6.85. The Morgan fingerprint density at radius 1 is 0.600 bits per heavy atom. The van der Waals surface area contributed by atoms with E-state index >= 15 is 0 Å². The maximum atomic E-state index is 0. The molecule has 0 bridgehead atoms. The molecular weight excluding hydrogens is 166 g/mol. The molecule has 0 heterocycles. The quantitative estimate of drug-likeness (QED) is 0.385. The van der Waals surface area contributed by atoms with Gasteiger partial charge >= 0.3 is 0 Å². The first-order valence-corrected chi connectivity index (χ1v) is 0. The standard InChI is InChI=1S/CH3.3ClH.Ti/h1H3;3*1H;/q-1;;;;. The van der Waals surface area contributed by atoms with Crippen LogP contribution in [0.15, 0.2) is 0 Å². The molecule has 0 aromatic carbocycles. The third kappa shape index (κ3) is 28.6. The molecule has 0 aliphatic carbocycles. The maximum Gasteiger partial charge on any atom is 0 e. The predicted octanol–water partition coefficient (Wildman–Crippen LogP) is 1.71. The minimum Gasteiger partial charge on any atom is -0.358 e. The summed E-state index contributed by atoms with van der Waals surface area (Å²) in [5.41, 5.74) is 0. The van der Waals surface area contributed by atoms with Crippen LogP contribution < -0.4 is 0 Å². The Balaban J connectivity index is 0. The second-order valence-electron chi connectivity index (χ2n) is 0. The van der Waals surface area contributed by atoms with Crippen LogP contribution in [0.2, 0.25) is 0 Å². The molecule has 0 aliphatic rings. The van der Waals surface area contributed by atoms with Crippen molar-refractivity contribution >= 4 is 37.2 Å². The van der Waals surface area contributed by atoms with Gasteiger partial charge in [-0.25, -0.2) is 0 Å². The molecule has 0 saturated carbocycles. The number of halogens is 3. The number of hydrogen-bond acceptors (Lipinski definition) is 0.